The van der Waals surface area contributed by atoms with E-state index in [1.165, 1.54) is 28.3 Å². The number of hydrogen-bond donors (Lipinski definition) is 0. The Morgan fingerprint density at radius 2 is 1.83 bits per heavy atom. The van der Waals surface area contributed by atoms with Gasteiger partial charge in [0.05, 0.1) is 10.1 Å². The Kier molecular flexibility index (Phi) is 6.64. The van der Waals surface area contributed by atoms with Gasteiger partial charge in [-0.1, -0.05) is 43.3 Å². The number of fused-ring (bicyclic) bond motifs is 1. The Labute approximate surface area is 181 Å². The topological polar surface area (TPSA) is 84.6 Å². The lowest BCUT2D eigenvalue weighted by atomic mass is 10.0. The van der Waals surface area contributed by atoms with Crippen molar-refractivity contribution in [3.8, 4) is 0 Å². The summed E-state index contributed by atoms with van der Waals surface area (Å²) >= 11 is 1.27. The maximum atomic E-state index is 13.0. The summed E-state index contributed by atoms with van der Waals surface area (Å²) in [5.41, 5.74) is 3.17. The minimum atomic E-state index is -3.60. The summed E-state index contributed by atoms with van der Waals surface area (Å²) in [6.45, 7) is 10.1. The number of carbonyl (C=O) groups is 1. The molecule has 0 N–H and O–H groups in total. The molecule has 0 spiro atoms. The van der Waals surface area contributed by atoms with Crippen molar-refractivity contribution in [3.05, 3.63) is 53.2 Å². The van der Waals surface area contributed by atoms with Gasteiger partial charge in [0, 0.05) is 24.8 Å². The van der Waals surface area contributed by atoms with E-state index in [-0.39, 0.29) is 10.7 Å². The molecule has 1 aromatic carbocycles. The predicted molar refractivity (Wildman–Crippen MR) is 119 cm³/mol. The molecule has 0 amide bonds. The average Bonchev–Trinajstić information content (AvgIpc) is 3.12. The lowest BCUT2D eigenvalue weighted by Crippen LogP contribution is -2.30. The molecule has 160 valence electrons. The molecular formula is C21H26N4O3S2. The van der Waals surface area contributed by atoms with Crippen LogP contribution in [0.15, 0.2) is 46.6 Å². The number of aromatic nitrogens is 3. The van der Waals surface area contributed by atoms with E-state index >= 15 is 0 Å². The average molecular weight is 447 g/mol. The monoisotopic (exact) mass is 446 g/mol. The zero-order valence-corrected chi connectivity index (χ0v) is 19.4. The van der Waals surface area contributed by atoms with Crippen LogP contribution < -0.4 is 0 Å². The number of ketones is 1. The van der Waals surface area contributed by atoms with Crippen LogP contribution in [0.3, 0.4) is 0 Å². The number of thioether (sulfide) groups is 1. The summed E-state index contributed by atoms with van der Waals surface area (Å²) < 4.78 is 28.8. The Bertz CT molecular complexity index is 1180. The quantitative estimate of drug-likeness (QED) is 0.387. The molecule has 9 heteroatoms. The highest BCUT2D eigenvalue weighted by molar-refractivity contribution is 8.00. The molecule has 3 rings (SSSR count). The molecule has 1 atom stereocenters. The van der Waals surface area contributed by atoms with Crippen LogP contribution in [0.25, 0.3) is 5.65 Å². The molecule has 0 aliphatic carbocycles. The first-order chi connectivity index (χ1) is 14.2. The smallest absolute Gasteiger partial charge is 0.244 e. The highest BCUT2D eigenvalue weighted by Crippen LogP contribution is 2.27. The standard InChI is InChI=1S/C21H26N4O3S2/c1-6-24(7-2)30(27,28)17-10-11-19-22-23-21(25(19)13-17)29-16(5)20(26)18-12-14(3)8-9-15(18)4/h8-13,16H,6-7H2,1-5H3. The van der Waals surface area contributed by atoms with E-state index in [9.17, 15) is 13.2 Å². The van der Waals surface area contributed by atoms with Gasteiger partial charge in [0.2, 0.25) is 10.0 Å². The van der Waals surface area contributed by atoms with Crippen molar-refractivity contribution < 1.29 is 13.2 Å². The molecule has 3 aromatic rings. The number of rotatable bonds is 8. The Morgan fingerprint density at radius 1 is 1.13 bits per heavy atom. The number of nitrogens with zero attached hydrogens (tertiary/aromatic N) is 4. The molecule has 30 heavy (non-hydrogen) atoms. The van der Waals surface area contributed by atoms with E-state index in [0.717, 1.165) is 11.1 Å². The molecule has 7 nitrogen and oxygen atoms in total. The van der Waals surface area contributed by atoms with Crippen molar-refractivity contribution >= 4 is 33.2 Å². The highest BCUT2D eigenvalue weighted by Gasteiger charge is 2.24. The van der Waals surface area contributed by atoms with Crippen LogP contribution in [0, 0.1) is 13.8 Å². The largest absolute Gasteiger partial charge is 0.293 e. The van der Waals surface area contributed by atoms with Crippen molar-refractivity contribution in [2.24, 2.45) is 0 Å². The van der Waals surface area contributed by atoms with Gasteiger partial charge in [-0.2, -0.15) is 4.31 Å². The minimum absolute atomic E-state index is 0.00451. The zero-order valence-electron chi connectivity index (χ0n) is 17.8. The Morgan fingerprint density at radius 3 is 2.50 bits per heavy atom. The van der Waals surface area contributed by atoms with Crippen LogP contribution in [-0.2, 0) is 10.0 Å². The maximum absolute atomic E-state index is 13.0. The number of sulfonamides is 1. The fourth-order valence-electron chi connectivity index (χ4n) is 3.23. The zero-order chi connectivity index (χ0) is 22.1. The van der Waals surface area contributed by atoms with Gasteiger partial charge < -0.3 is 0 Å². The third-order valence-corrected chi connectivity index (χ3v) is 8.09. The van der Waals surface area contributed by atoms with Crippen LogP contribution >= 0.6 is 11.8 Å². The van der Waals surface area contributed by atoms with E-state index in [0.29, 0.717) is 29.5 Å². The summed E-state index contributed by atoms with van der Waals surface area (Å²) in [7, 11) is -3.60. The normalized spacial score (nSPS) is 13.1. The first kappa shape index (κ1) is 22.5. The van der Waals surface area contributed by atoms with Gasteiger partial charge in [-0.25, -0.2) is 8.42 Å². The molecule has 0 aliphatic rings. The first-order valence-electron chi connectivity index (χ1n) is 9.82. The second-order valence-corrected chi connectivity index (χ2v) is 10.4. The molecule has 0 radical (unpaired) electrons. The van der Waals surface area contributed by atoms with Gasteiger partial charge in [0.15, 0.2) is 16.6 Å². The van der Waals surface area contributed by atoms with Crippen LogP contribution in [0.1, 0.15) is 42.3 Å². The van der Waals surface area contributed by atoms with E-state index in [4.69, 9.17) is 0 Å². The lowest BCUT2D eigenvalue weighted by molar-refractivity contribution is 0.0993. The van der Waals surface area contributed by atoms with Crippen molar-refractivity contribution in [3.63, 3.8) is 0 Å². The highest BCUT2D eigenvalue weighted by atomic mass is 32.2. The fourth-order valence-corrected chi connectivity index (χ4v) is 5.58. The van der Waals surface area contributed by atoms with E-state index < -0.39 is 15.3 Å². The molecule has 0 saturated heterocycles. The lowest BCUT2D eigenvalue weighted by Gasteiger charge is -2.18. The van der Waals surface area contributed by atoms with E-state index in [1.807, 2.05) is 39.0 Å². The first-order valence-corrected chi connectivity index (χ1v) is 12.1. The minimum Gasteiger partial charge on any atom is -0.293 e. The van der Waals surface area contributed by atoms with Crippen LogP contribution in [0.5, 0.6) is 0 Å². The van der Waals surface area contributed by atoms with Gasteiger partial charge in [0.25, 0.3) is 0 Å². The summed E-state index contributed by atoms with van der Waals surface area (Å²) in [4.78, 5) is 13.2. The maximum Gasteiger partial charge on any atom is 0.244 e. The van der Waals surface area contributed by atoms with Crippen LogP contribution in [0.2, 0.25) is 0 Å². The predicted octanol–water partition coefficient (Wildman–Crippen LogP) is 3.74. The van der Waals surface area contributed by atoms with Crippen molar-refractivity contribution in [2.45, 2.75) is 49.9 Å². The van der Waals surface area contributed by atoms with E-state index in [2.05, 4.69) is 10.2 Å². The SMILES string of the molecule is CCN(CC)S(=O)(=O)c1ccc2nnc(SC(C)C(=O)c3cc(C)ccc3C)n2c1. The van der Waals surface area contributed by atoms with E-state index in [1.54, 1.807) is 24.3 Å². The molecule has 2 aromatic heterocycles. The number of carbonyl (C=O) groups excluding carboxylic acids is 1. The Hall–Kier alpha value is -2.23. The summed E-state index contributed by atoms with van der Waals surface area (Å²) in [5.74, 6) is 0.00451. The van der Waals surface area contributed by atoms with Gasteiger partial charge in [-0.3, -0.25) is 9.20 Å². The van der Waals surface area contributed by atoms with Gasteiger partial charge in [-0.05, 0) is 44.5 Å². The van der Waals surface area contributed by atoms with Crippen molar-refractivity contribution in [2.75, 3.05) is 13.1 Å². The van der Waals surface area contributed by atoms with Crippen molar-refractivity contribution in [1.82, 2.24) is 18.9 Å². The molecule has 2 heterocycles. The number of benzene rings is 1. The Balaban J connectivity index is 1.93. The van der Waals surface area contributed by atoms with Gasteiger partial charge >= 0.3 is 0 Å². The third kappa shape index (κ3) is 4.28. The second-order valence-electron chi connectivity index (χ2n) is 7.11. The van der Waals surface area contributed by atoms with Crippen molar-refractivity contribution in [1.29, 1.82) is 0 Å². The number of aryl methyl sites for hydroxylation is 2. The summed E-state index contributed by atoms with van der Waals surface area (Å²) in [5, 5.41) is 8.37. The number of hydrogen-bond acceptors (Lipinski definition) is 6. The third-order valence-electron chi connectivity index (χ3n) is 5.00. The molecule has 0 bridgehead atoms. The van der Waals surface area contributed by atoms with Gasteiger partial charge in [-0.15, -0.1) is 10.2 Å². The number of Topliss-reactive ketones (excluding diaryl/α,β-unsaturated/α-hetero) is 1. The second kappa shape index (κ2) is 8.87. The summed E-state index contributed by atoms with van der Waals surface area (Å²) in [6.07, 6.45) is 1.53. The molecular weight excluding hydrogens is 420 g/mol. The van der Waals surface area contributed by atoms with Gasteiger partial charge in [0.1, 0.15) is 0 Å². The molecule has 0 aliphatic heterocycles. The van der Waals surface area contributed by atoms with Crippen LogP contribution in [0.4, 0.5) is 0 Å². The molecule has 0 fully saturated rings. The van der Waals surface area contributed by atoms with Crippen LogP contribution in [-0.4, -0.2) is 51.4 Å². The number of pyridine rings is 1. The summed E-state index contributed by atoms with van der Waals surface area (Å²) in [6, 6.07) is 8.98. The molecule has 1 unspecified atom stereocenters. The molecule has 0 saturated carbocycles. The fraction of sp³-hybridized carbons (Fsp3) is 0.381.